The fraction of sp³-hybridized carbons (Fsp3) is 0.625. The number of thioether (sulfide) groups is 2. The third-order valence-corrected chi connectivity index (χ3v) is 7.07. The van der Waals surface area contributed by atoms with Gasteiger partial charge in [0.1, 0.15) is 5.75 Å². The van der Waals surface area contributed by atoms with Crippen molar-refractivity contribution in [3.8, 4) is 5.75 Å². The van der Waals surface area contributed by atoms with E-state index in [1.165, 1.54) is 23.5 Å². The van der Waals surface area contributed by atoms with Crippen molar-refractivity contribution >= 4 is 23.5 Å². The molecule has 1 heterocycles. The van der Waals surface area contributed by atoms with Crippen LogP contribution in [0.4, 0.5) is 0 Å². The van der Waals surface area contributed by atoms with Gasteiger partial charge in [-0.15, -0.1) is 0 Å². The van der Waals surface area contributed by atoms with Crippen molar-refractivity contribution in [3.63, 3.8) is 0 Å². The minimum atomic E-state index is 0.439. The first-order valence-corrected chi connectivity index (χ1v) is 9.50. The summed E-state index contributed by atoms with van der Waals surface area (Å²) in [4.78, 5) is 0. The van der Waals surface area contributed by atoms with Crippen LogP contribution in [0.15, 0.2) is 24.3 Å². The van der Waals surface area contributed by atoms with Gasteiger partial charge < -0.3 is 10.1 Å². The fourth-order valence-electron chi connectivity index (χ4n) is 2.70. The van der Waals surface area contributed by atoms with E-state index in [4.69, 9.17) is 4.74 Å². The monoisotopic (exact) mass is 311 g/mol. The Morgan fingerprint density at radius 2 is 1.90 bits per heavy atom. The number of hydrogen-bond donors (Lipinski definition) is 1. The Hall–Kier alpha value is -0.320. The minimum Gasteiger partial charge on any atom is -0.497 e. The Morgan fingerprint density at radius 1 is 1.20 bits per heavy atom. The predicted molar refractivity (Wildman–Crippen MR) is 92.2 cm³/mol. The second-order valence-electron chi connectivity index (χ2n) is 4.96. The molecule has 112 valence electrons. The van der Waals surface area contributed by atoms with E-state index in [9.17, 15) is 0 Å². The molecule has 0 radical (unpaired) electrons. The summed E-state index contributed by atoms with van der Waals surface area (Å²) >= 11 is 4.28. The molecule has 3 unspecified atom stereocenters. The van der Waals surface area contributed by atoms with Crippen molar-refractivity contribution in [3.05, 3.63) is 29.8 Å². The highest BCUT2D eigenvalue weighted by molar-refractivity contribution is 8.07. The van der Waals surface area contributed by atoms with Crippen LogP contribution in [0.25, 0.3) is 0 Å². The molecule has 0 spiro atoms. The van der Waals surface area contributed by atoms with Crippen molar-refractivity contribution in [2.24, 2.45) is 0 Å². The number of benzene rings is 1. The van der Waals surface area contributed by atoms with Crippen molar-refractivity contribution in [2.75, 3.05) is 25.2 Å². The van der Waals surface area contributed by atoms with E-state index in [0.717, 1.165) is 17.5 Å². The van der Waals surface area contributed by atoms with Gasteiger partial charge in [-0.1, -0.05) is 26.0 Å². The summed E-state index contributed by atoms with van der Waals surface area (Å²) in [6.07, 6.45) is 1.25. The van der Waals surface area contributed by atoms with E-state index in [1.54, 1.807) is 7.11 Å². The molecular formula is C16H25NOS2. The van der Waals surface area contributed by atoms with Gasteiger partial charge in [-0.05, 0) is 30.7 Å². The van der Waals surface area contributed by atoms with E-state index in [-0.39, 0.29) is 0 Å². The largest absolute Gasteiger partial charge is 0.497 e. The number of nitrogens with one attached hydrogen (secondary N) is 1. The average molecular weight is 312 g/mol. The van der Waals surface area contributed by atoms with Crippen molar-refractivity contribution in [2.45, 2.75) is 36.8 Å². The standard InChI is InChI=1S/C16H25NOS2/c1-4-14-16(20-11-10-19-14)15(17-5-2)12-6-8-13(18-3)9-7-12/h6-9,14-17H,4-5,10-11H2,1-3H3. The van der Waals surface area contributed by atoms with Crippen LogP contribution in [0.5, 0.6) is 5.75 Å². The summed E-state index contributed by atoms with van der Waals surface area (Å²) in [5, 5.41) is 5.10. The zero-order valence-electron chi connectivity index (χ0n) is 12.6. The van der Waals surface area contributed by atoms with Gasteiger partial charge in [-0.2, -0.15) is 23.5 Å². The number of hydrogen-bond acceptors (Lipinski definition) is 4. The zero-order valence-corrected chi connectivity index (χ0v) is 14.2. The molecule has 0 aliphatic carbocycles. The van der Waals surface area contributed by atoms with Gasteiger partial charge in [-0.25, -0.2) is 0 Å². The summed E-state index contributed by atoms with van der Waals surface area (Å²) in [5.74, 6) is 3.49. The second kappa shape index (κ2) is 8.20. The summed E-state index contributed by atoms with van der Waals surface area (Å²) < 4.78 is 5.27. The Kier molecular flexibility index (Phi) is 6.59. The first-order valence-electron chi connectivity index (χ1n) is 7.40. The Labute approximate surface area is 131 Å². The number of ether oxygens (including phenoxy) is 1. The van der Waals surface area contributed by atoms with Crippen LogP contribution < -0.4 is 10.1 Å². The van der Waals surface area contributed by atoms with Gasteiger partial charge in [0.25, 0.3) is 0 Å². The molecule has 1 N–H and O–H groups in total. The third kappa shape index (κ3) is 3.86. The van der Waals surface area contributed by atoms with E-state index in [0.29, 0.717) is 11.3 Å². The van der Waals surface area contributed by atoms with E-state index >= 15 is 0 Å². The van der Waals surface area contributed by atoms with Crippen LogP contribution in [-0.4, -0.2) is 35.7 Å². The van der Waals surface area contributed by atoms with E-state index < -0.39 is 0 Å². The van der Waals surface area contributed by atoms with Crippen LogP contribution in [-0.2, 0) is 0 Å². The summed E-state index contributed by atoms with van der Waals surface area (Å²) in [6.45, 7) is 5.51. The molecule has 1 aromatic rings. The Balaban J connectivity index is 2.19. The molecule has 0 aromatic heterocycles. The number of methoxy groups -OCH3 is 1. The molecule has 1 aromatic carbocycles. The first kappa shape index (κ1) is 16.1. The van der Waals surface area contributed by atoms with Gasteiger partial charge in [0, 0.05) is 28.0 Å². The van der Waals surface area contributed by atoms with Gasteiger partial charge in [0.2, 0.25) is 0 Å². The van der Waals surface area contributed by atoms with Crippen LogP contribution in [0.1, 0.15) is 31.9 Å². The smallest absolute Gasteiger partial charge is 0.118 e. The predicted octanol–water partition coefficient (Wildman–Crippen LogP) is 3.97. The highest BCUT2D eigenvalue weighted by Gasteiger charge is 2.32. The van der Waals surface area contributed by atoms with Crippen LogP contribution >= 0.6 is 23.5 Å². The summed E-state index contributed by atoms with van der Waals surface area (Å²) in [7, 11) is 1.72. The lowest BCUT2D eigenvalue weighted by Crippen LogP contribution is -2.38. The summed E-state index contributed by atoms with van der Waals surface area (Å²) in [5.41, 5.74) is 1.38. The van der Waals surface area contributed by atoms with E-state index in [2.05, 4.69) is 67.0 Å². The van der Waals surface area contributed by atoms with Crippen molar-refractivity contribution < 1.29 is 4.74 Å². The van der Waals surface area contributed by atoms with Gasteiger partial charge >= 0.3 is 0 Å². The summed E-state index contributed by atoms with van der Waals surface area (Å²) in [6, 6.07) is 8.99. The zero-order chi connectivity index (χ0) is 14.4. The first-order chi connectivity index (χ1) is 9.80. The van der Waals surface area contributed by atoms with Gasteiger partial charge in [-0.3, -0.25) is 0 Å². The topological polar surface area (TPSA) is 21.3 Å². The molecule has 2 rings (SSSR count). The van der Waals surface area contributed by atoms with Crippen LogP contribution in [0.2, 0.25) is 0 Å². The molecule has 1 fully saturated rings. The SMILES string of the molecule is CCNC(c1ccc(OC)cc1)C1SCCSC1CC. The normalized spacial score (nSPS) is 24.4. The van der Waals surface area contributed by atoms with Crippen molar-refractivity contribution in [1.82, 2.24) is 5.32 Å². The number of rotatable bonds is 6. The molecule has 1 aliphatic heterocycles. The average Bonchev–Trinajstić information content (AvgIpc) is 2.53. The maximum Gasteiger partial charge on any atom is 0.118 e. The maximum absolute atomic E-state index is 5.27. The molecule has 0 saturated carbocycles. The lowest BCUT2D eigenvalue weighted by molar-refractivity contribution is 0.414. The molecule has 0 amide bonds. The van der Waals surface area contributed by atoms with Gasteiger partial charge in [0.05, 0.1) is 7.11 Å². The molecule has 1 saturated heterocycles. The third-order valence-electron chi connectivity index (χ3n) is 3.72. The lowest BCUT2D eigenvalue weighted by atomic mass is 10.00. The lowest BCUT2D eigenvalue weighted by Gasteiger charge is -2.36. The molecular weight excluding hydrogens is 286 g/mol. The van der Waals surface area contributed by atoms with Crippen LogP contribution in [0.3, 0.4) is 0 Å². The molecule has 20 heavy (non-hydrogen) atoms. The minimum absolute atomic E-state index is 0.439. The van der Waals surface area contributed by atoms with Gasteiger partial charge in [0.15, 0.2) is 0 Å². The fourth-order valence-corrected chi connectivity index (χ4v) is 5.95. The Morgan fingerprint density at radius 3 is 2.50 bits per heavy atom. The van der Waals surface area contributed by atoms with E-state index in [1.807, 2.05) is 0 Å². The quantitative estimate of drug-likeness (QED) is 0.857. The maximum atomic E-state index is 5.27. The second-order valence-corrected chi connectivity index (χ2v) is 7.59. The Bertz CT molecular complexity index is 396. The van der Waals surface area contributed by atoms with Crippen LogP contribution in [0, 0.1) is 0 Å². The molecule has 3 atom stereocenters. The molecule has 1 aliphatic rings. The molecule has 0 bridgehead atoms. The van der Waals surface area contributed by atoms with Crippen molar-refractivity contribution in [1.29, 1.82) is 0 Å². The highest BCUT2D eigenvalue weighted by Crippen LogP contribution is 2.40. The molecule has 4 heteroatoms. The highest BCUT2D eigenvalue weighted by atomic mass is 32.2. The molecule has 2 nitrogen and oxygen atoms in total.